The lowest BCUT2D eigenvalue weighted by molar-refractivity contribution is -0.113. The maximum atomic E-state index is 12.9. The van der Waals surface area contributed by atoms with Gasteiger partial charge in [0.1, 0.15) is 17.6 Å². The molecule has 0 unspecified atom stereocenters. The molecule has 0 aliphatic carbocycles. The Hall–Kier alpha value is -4.03. The number of hydrogen-bond donors (Lipinski definition) is 1. The van der Waals surface area contributed by atoms with Gasteiger partial charge in [-0.2, -0.15) is 5.26 Å². The zero-order valence-corrected chi connectivity index (χ0v) is 20.2. The highest BCUT2D eigenvalue weighted by Crippen LogP contribution is 2.31. The summed E-state index contributed by atoms with van der Waals surface area (Å²) in [4.78, 5) is 12.9. The Balaban J connectivity index is 1.55. The number of nitrogens with one attached hydrogen (secondary N) is 1. The van der Waals surface area contributed by atoms with Crippen LogP contribution in [-0.4, -0.2) is 38.1 Å². The molecule has 0 fully saturated rings. The SMILES string of the molecule is COc1ccc(-n2c(C)c(C)c(C#N)c2NC(=O)CSc2nnc(-c3ccccc3)n2C)cc1. The molecule has 2 heterocycles. The van der Waals surface area contributed by atoms with Crippen LogP contribution in [-0.2, 0) is 11.8 Å². The van der Waals surface area contributed by atoms with E-state index in [1.807, 2.05) is 84.6 Å². The van der Waals surface area contributed by atoms with Crippen LogP contribution in [0.4, 0.5) is 5.82 Å². The summed E-state index contributed by atoms with van der Waals surface area (Å²) in [6.45, 7) is 3.80. The van der Waals surface area contributed by atoms with Crippen molar-refractivity contribution < 1.29 is 9.53 Å². The van der Waals surface area contributed by atoms with Gasteiger partial charge in [-0.25, -0.2) is 0 Å². The summed E-state index contributed by atoms with van der Waals surface area (Å²) < 4.78 is 8.99. The number of carbonyl (C=O) groups excluding carboxylic acids is 1. The van der Waals surface area contributed by atoms with Gasteiger partial charge in [0.05, 0.1) is 18.4 Å². The first kappa shape index (κ1) is 23.1. The van der Waals surface area contributed by atoms with Gasteiger partial charge in [0, 0.05) is 24.0 Å². The van der Waals surface area contributed by atoms with Crippen LogP contribution in [0, 0.1) is 25.2 Å². The smallest absolute Gasteiger partial charge is 0.236 e. The number of hydrogen-bond acceptors (Lipinski definition) is 6. The Morgan fingerprint density at radius 1 is 1.12 bits per heavy atom. The fraction of sp³-hybridized carbons (Fsp3) is 0.200. The molecule has 34 heavy (non-hydrogen) atoms. The molecule has 0 saturated heterocycles. The number of nitrogens with zero attached hydrogens (tertiary/aromatic N) is 5. The molecule has 0 aliphatic rings. The molecule has 0 bridgehead atoms. The molecule has 1 amide bonds. The molecular formula is C25H24N6O2S. The fourth-order valence-corrected chi connectivity index (χ4v) is 4.40. The molecule has 172 valence electrons. The number of thioether (sulfide) groups is 1. The average Bonchev–Trinajstić information content (AvgIpc) is 3.34. The molecule has 0 spiro atoms. The summed E-state index contributed by atoms with van der Waals surface area (Å²) in [5.41, 5.74) is 3.92. The van der Waals surface area contributed by atoms with Crippen molar-refractivity contribution in [3.05, 3.63) is 71.4 Å². The molecule has 2 aromatic heterocycles. The standard InChI is InChI=1S/C25H24N6O2S/c1-16-17(2)31(19-10-12-20(33-4)13-11-19)24(21(16)14-26)27-22(32)15-34-25-29-28-23(30(25)3)18-8-6-5-7-9-18/h5-13H,15H2,1-4H3,(H,27,32). The van der Waals surface area contributed by atoms with Gasteiger partial charge in [-0.3, -0.25) is 9.36 Å². The van der Waals surface area contributed by atoms with E-state index >= 15 is 0 Å². The van der Waals surface area contributed by atoms with Gasteiger partial charge in [0.2, 0.25) is 5.91 Å². The number of nitriles is 1. The third-order valence-electron chi connectivity index (χ3n) is 5.61. The van der Waals surface area contributed by atoms with E-state index in [9.17, 15) is 10.1 Å². The zero-order valence-electron chi connectivity index (χ0n) is 19.4. The van der Waals surface area contributed by atoms with Gasteiger partial charge in [-0.05, 0) is 43.7 Å². The lowest BCUT2D eigenvalue weighted by Crippen LogP contribution is -2.18. The lowest BCUT2D eigenvalue weighted by atomic mass is 10.2. The number of benzene rings is 2. The van der Waals surface area contributed by atoms with Crippen molar-refractivity contribution in [3.8, 4) is 28.9 Å². The van der Waals surface area contributed by atoms with E-state index in [-0.39, 0.29) is 11.7 Å². The number of carbonyl (C=O) groups is 1. The van der Waals surface area contributed by atoms with Gasteiger partial charge in [-0.1, -0.05) is 42.1 Å². The first-order valence-corrected chi connectivity index (χ1v) is 11.6. The molecule has 8 nitrogen and oxygen atoms in total. The second-order valence-electron chi connectivity index (χ2n) is 7.65. The van der Waals surface area contributed by atoms with E-state index in [2.05, 4.69) is 21.6 Å². The van der Waals surface area contributed by atoms with Crippen molar-refractivity contribution in [2.75, 3.05) is 18.2 Å². The van der Waals surface area contributed by atoms with E-state index < -0.39 is 0 Å². The highest BCUT2D eigenvalue weighted by atomic mass is 32.2. The summed E-state index contributed by atoms with van der Waals surface area (Å²) in [6.07, 6.45) is 0. The van der Waals surface area contributed by atoms with Gasteiger partial charge < -0.3 is 14.6 Å². The topological polar surface area (TPSA) is 97.8 Å². The van der Waals surface area contributed by atoms with Crippen molar-refractivity contribution in [2.45, 2.75) is 19.0 Å². The second-order valence-corrected chi connectivity index (χ2v) is 8.59. The van der Waals surface area contributed by atoms with Crippen molar-refractivity contribution in [2.24, 2.45) is 7.05 Å². The molecule has 4 rings (SSSR count). The fourth-order valence-electron chi connectivity index (χ4n) is 3.69. The summed E-state index contributed by atoms with van der Waals surface area (Å²) in [5.74, 6) is 1.80. The number of methoxy groups -OCH3 is 1. The summed E-state index contributed by atoms with van der Waals surface area (Å²) >= 11 is 1.29. The van der Waals surface area contributed by atoms with Crippen molar-refractivity contribution in [1.82, 2.24) is 19.3 Å². The number of ether oxygens (including phenoxy) is 1. The molecule has 9 heteroatoms. The quantitative estimate of drug-likeness (QED) is 0.398. The molecule has 0 aliphatic heterocycles. The predicted octanol–water partition coefficient (Wildman–Crippen LogP) is 4.50. The van der Waals surface area contributed by atoms with Crippen LogP contribution in [0.15, 0.2) is 59.8 Å². The molecule has 4 aromatic rings. The van der Waals surface area contributed by atoms with Crippen LogP contribution < -0.4 is 10.1 Å². The van der Waals surface area contributed by atoms with E-state index in [1.165, 1.54) is 11.8 Å². The number of rotatable bonds is 7. The number of amides is 1. The largest absolute Gasteiger partial charge is 0.497 e. The van der Waals surface area contributed by atoms with E-state index in [0.29, 0.717) is 16.5 Å². The lowest BCUT2D eigenvalue weighted by Gasteiger charge is -2.13. The normalized spacial score (nSPS) is 10.7. The van der Waals surface area contributed by atoms with E-state index in [1.54, 1.807) is 7.11 Å². The minimum Gasteiger partial charge on any atom is -0.497 e. The third kappa shape index (κ3) is 4.40. The van der Waals surface area contributed by atoms with Crippen LogP contribution in [0.5, 0.6) is 5.75 Å². The number of aromatic nitrogens is 4. The summed E-state index contributed by atoms with van der Waals surface area (Å²) in [7, 11) is 3.48. The maximum Gasteiger partial charge on any atom is 0.236 e. The van der Waals surface area contributed by atoms with Crippen molar-refractivity contribution in [1.29, 1.82) is 5.26 Å². The second kappa shape index (κ2) is 9.85. The molecular weight excluding hydrogens is 448 g/mol. The molecule has 0 saturated carbocycles. The van der Waals surface area contributed by atoms with E-state index in [4.69, 9.17) is 4.74 Å². The third-order valence-corrected chi connectivity index (χ3v) is 6.63. The van der Waals surface area contributed by atoms with Crippen LogP contribution >= 0.6 is 11.8 Å². The Kier molecular flexibility index (Phi) is 6.70. The van der Waals surface area contributed by atoms with Crippen LogP contribution in [0.1, 0.15) is 16.8 Å². The Bertz CT molecular complexity index is 1370. The molecule has 1 N–H and O–H groups in total. The van der Waals surface area contributed by atoms with Gasteiger partial charge in [0.15, 0.2) is 11.0 Å². The highest BCUT2D eigenvalue weighted by Gasteiger charge is 2.21. The Labute approximate surface area is 202 Å². The average molecular weight is 473 g/mol. The van der Waals surface area contributed by atoms with E-state index in [0.717, 1.165) is 34.1 Å². The van der Waals surface area contributed by atoms with Crippen LogP contribution in [0.25, 0.3) is 17.1 Å². The Morgan fingerprint density at radius 3 is 2.47 bits per heavy atom. The van der Waals surface area contributed by atoms with Crippen LogP contribution in [0.2, 0.25) is 0 Å². The van der Waals surface area contributed by atoms with Gasteiger partial charge >= 0.3 is 0 Å². The van der Waals surface area contributed by atoms with Crippen LogP contribution in [0.3, 0.4) is 0 Å². The van der Waals surface area contributed by atoms with Crippen molar-refractivity contribution in [3.63, 3.8) is 0 Å². The highest BCUT2D eigenvalue weighted by molar-refractivity contribution is 7.99. The summed E-state index contributed by atoms with van der Waals surface area (Å²) in [6, 6.07) is 19.5. The molecule has 0 radical (unpaired) electrons. The minimum absolute atomic E-state index is 0.123. The minimum atomic E-state index is -0.238. The number of anilines is 1. The Morgan fingerprint density at radius 2 is 1.82 bits per heavy atom. The maximum absolute atomic E-state index is 12.9. The molecule has 2 aromatic carbocycles. The van der Waals surface area contributed by atoms with Gasteiger partial charge in [0.25, 0.3) is 0 Å². The zero-order chi connectivity index (χ0) is 24.2. The van der Waals surface area contributed by atoms with Crippen molar-refractivity contribution >= 4 is 23.5 Å². The van der Waals surface area contributed by atoms with Gasteiger partial charge in [-0.15, -0.1) is 10.2 Å². The monoisotopic (exact) mass is 472 g/mol. The predicted molar refractivity (Wildman–Crippen MR) is 132 cm³/mol. The first-order chi connectivity index (χ1) is 16.4. The summed E-state index contributed by atoms with van der Waals surface area (Å²) in [5, 5.41) is 21.8. The first-order valence-electron chi connectivity index (χ1n) is 10.6. The molecule has 0 atom stereocenters.